The van der Waals surface area contributed by atoms with Gasteiger partial charge in [0.1, 0.15) is 5.75 Å². The minimum Gasteiger partial charge on any atom is -0.617 e. The quantitative estimate of drug-likeness (QED) is 0.348. The molecule has 1 saturated carbocycles. The SMILES string of the molecule is C[S+](C)[O-].Cc1ccc(C(=O)Oc2ccc(C(CN(C)C)C3(O)CCCCC3)cc2)cc1.Cl. The molecule has 184 valence electrons. The van der Waals surface area contributed by atoms with Gasteiger partial charge in [0.2, 0.25) is 0 Å². The van der Waals surface area contributed by atoms with E-state index in [4.69, 9.17) is 4.74 Å². The van der Waals surface area contributed by atoms with E-state index in [0.29, 0.717) is 11.3 Å². The standard InChI is InChI=1S/C24H31NO3.C2H6OS.ClH/c1-18-7-9-20(10-8-18)23(26)28-21-13-11-19(12-14-21)22(17-25(2)3)24(27)15-5-4-6-16-24;1-4(2)3;/h7-14,22,27H,4-6,15-17H2,1-3H3;1-2H3;1H. The molecule has 0 heterocycles. The monoisotopic (exact) mass is 495 g/mol. The second kappa shape index (κ2) is 14.0. The number of aliphatic hydroxyl groups is 1. The molecule has 0 bridgehead atoms. The van der Waals surface area contributed by atoms with E-state index in [9.17, 15) is 14.5 Å². The lowest BCUT2D eigenvalue weighted by Crippen LogP contribution is -2.42. The normalized spacial score (nSPS) is 15.8. The topological polar surface area (TPSA) is 72.8 Å². The summed E-state index contributed by atoms with van der Waals surface area (Å²) in [5.74, 6) is 0.210. The number of nitrogens with zero attached hydrogens (tertiary/aromatic N) is 1. The second-order valence-corrected chi connectivity index (χ2v) is 10.5. The summed E-state index contributed by atoms with van der Waals surface area (Å²) >= 11 is -0.611. The highest BCUT2D eigenvalue weighted by Gasteiger charge is 2.38. The molecule has 0 spiro atoms. The second-order valence-electron chi connectivity index (χ2n) is 9.05. The first-order chi connectivity index (χ1) is 15.1. The van der Waals surface area contributed by atoms with Gasteiger partial charge in [-0.3, -0.25) is 0 Å². The molecule has 0 aliphatic heterocycles. The predicted molar refractivity (Wildman–Crippen MR) is 139 cm³/mol. The van der Waals surface area contributed by atoms with Crippen molar-refractivity contribution in [2.24, 2.45) is 0 Å². The lowest BCUT2D eigenvalue weighted by atomic mass is 9.72. The maximum atomic E-state index is 12.3. The number of carbonyl (C=O) groups is 1. The van der Waals surface area contributed by atoms with Crippen LogP contribution in [0.4, 0.5) is 0 Å². The Labute approximate surface area is 208 Å². The highest BCUT2D eigenvalue weighted by Crippen LogP contribution is 2.40. The number of ether oxygens (including phenoxy) is 1. The van der Waals surface area contributed by atoms with Crippen LogP contribution in [0.1, 0.15) is 59.5 Å². The molecule has 0 aromatic heterocycles. The maximum Gasteiger partial charge on any atom is 0.343 e. The first-order valence-electron chi connectivity index (χ1n) is 11.1. The third-order valence-corrected chi connectivity index (χ3v) is 5.70. The summed E-state index contributed by atoms with van der Waals surface area (Å²) in [6.45, 7) is 2.78. The minimum absolute atomic E-state index is 0. The third-order valence-electron chi connectivity index (χ3n) is 5.70. The summed E-state index contributed by atoms with van der Waals surface area (Å²) in [5, 5.41) is 11.3. The van der Waals surface area contributed by atoms with Crippen LogP contribution in [-0.4, -0.2) is 59.3 Å². The van der Waals surface area contributed by atoms with Gasteiger partial charge in [0, 0.05) is 12.5 Å². The van der Waals surface area contributed by atoms with Crippen molar-refractivity contribution in [2.75, 3.05) is 33.2 Å². The van der Waals surface area contributed by atoms with Crippen molar-refractivity contribution in [1.82, 2.24) is 4.90 Å². The van der Waals surface area contributed by atoms with Gasteiger partial charge in [-0.05, 0) is 63.7 Å². The molecule has 2 aromatic carbocycles. The zero-order chi connectivity index (χ0) is 23.7. The molecule has 1 aliphatic rings. The molecule has 1 unspecified atom stereocenters. The molecule has 3 rings (SSSR count). The number of aryl methyl sites for hydroxylation is 1. The zero-order valence-corrected chi connectivity index (χ0v) is 22.0. The van der Waals surface area contributed by atoms with Crippen molar-refractivity contribution in [3.05, 3.63) is 65.2 Å². The molecule has 1 atom stereocenters. The minimum atomic E-state index is -0.664. The Morgan fingerprint density at radius 2 is 1.58 bits per heavy atom. The number of likely N-dealkylation sites (N-methyl/N-ethyl adjacent to an activating group) is 1. The van der Waals surface area contributed by atoms with Crippen molar-refractivity contribution in [3.63, 3.8) is 0 Å². The number of hydrogen-bond donors (Lipinski definition) is 1. The lowest BCUT2D eigenvalue weighted by molar-refractivity contribution is -0.0277. The van der Waals surface area contributed by atoms with Crippen LogP contribution in [0.2, 0.25) is 0 Å². The fourth-order valence-electron chi connectivity index (χ4n) is 4.09. The molecule has 0 amide bonds. The number of benzene rings is 2. The van der Waals surface area contributed by atoms with E-state index < -0.39 is 16.8 Å². The molecule has 7 heteroatoms. The number of esters is 1. The number of hydrogen-bond acceptors (Lipinski definition) is 5. The van der Waals surface area contributed by atoms with Gasteiger partial charge in [-0.15, -0.1) is 12.4 Å². The summed E-state index contributed by atoms with van der Waals surface area (Å²) in [6.07, 6.45) is 8.32. The Kier molecular flexibility index (Phi) is 12.5. The van der Waals surface area contributed by atoms with E-state index in [1.54, 1.807) is 24.6 Å². The first kappa shape index (κ1) is 29.5. The number of rotatable bonds is 6. The molecular formula is C26H38ClNO4S. The third kappa shape index (κ3) is 9.67. The molecule has 0 saturated heterocycles. The van der Waals surface area contributed by atoms with Crippen molar-refractivity contribution >= 4 is 29.6 Å². The van der Waals surface area contributed by atoms with Crippen molar-refractivity contribution in [3.8, 4) is 5.75 Å². The number of halogens is 1. The van der Waals surface area contributed by atoms with Gasteiger partial charge in [-0.25, -0.2) is 4.79 Å². The summed E-state index contributed by atoms with van der Waals surface area (Å²) in [7, 11) is 4.08. The van der Waals surface area contributed by atoms with Crippen LogP contribution in [-0.2, 0) is 11.2 Å². The summed E-state index contributed by atoms with van der Waals surface area (Å²) in [6, 6.07) is 15.0. The average molecular weight is 496 g/mol. The molecule has 33 heavy (non-hydrogen) atoms. The molecule has 5 nitrogen and oxygen atoms in total. The first-order valence-corrected chi connectivity index (χ1v) is 13.1. The largest absolute Gasteiger partial charge is 0.617 e. The molecule has 2 aromatic rings. The molecule has 1 aliphatic carbocycles. The van der Waals surface area contributed by atoms with E-state index >= 15 is 0 Å². The lowest BCUT2D eigenvalue weighted by Gasteiger charge is -2.40. The van der Waals surface area contributed by atoms with Crippen molar-refractivity contribution < 1.29 is 19.2 Å². The summed E-state index contributed by atoms with van der Waals surface area (Å²) in [5.41, 5.74) is 2.07. The van der Waals surface area contributed by atoms with Crippen molar-refractivity contribution in [1.29, 1.82) is 0 Å². The Balaban J connectivity index is 0.00000101. The van der Waals surface area contributed by atoms with E-state index in [0.717, 1.165) is 43.4 Å². The fourth-order valence-corrected chi connectivity index (χ4v) is 4.09. The van der Waals surface area contributed by atoms with E-state index in [-0.39, 0.29) is 24.3 Å². The maximum absolute atomic E-state index is 12.3. The van der Waals surface area contributed by atoms with Crippen LogP contribution in [0.15, 0.2) is 48.5 Å². The summed E-state index contributed by atoms with van der Waals surface area (Å²) < 4.78 is 15.1. The average Bonchev–Trinajstić information content (AvgIpc) is 2.73. The Hall–Kier alpha value is -1.57. The molecule has 1 fully saturated rings. The smallest absolute Gasteiger partial charge is 0.343 e. The zero-order valence-electron chi connectivity index (χ0n) is 20.4. The fraction of sp³-hybridized carbons (Fsp3) is 0.500. The Bertz CT molecular complexity index is 832. The van der Waals surface area contributed by atoms with Gasteiger partial charge in [0.05, 0.1) is 23.7 Å². The van der Waals surface area contributed by atoms with Gasteiger partial charge in [0.25, 0.3) is 0 Å². The molecule has 1 N–H and O–H groups in total. The van der Waals surface area contributed by atoms with Gasteiger partial charge in [-0.1, -0.05) is 60.3 Å². The van der Waals surface area contributed by atoms with Crippen LogP contribution in [0.5, 0.6) is 5.75 Å². The highest BCUT2D eigenvalue weighted by molar-refractivity contribution is 7.89. The molecule has 0 radical (unpaired) electrons. The Morgan fingerprint density at radius 1 is 1.06 bits per heavy atom. The van der Waals surface area contributed by atoms with Crippen molar-refractivity contribution in [2.45, 2.75) is 50.5 Å². The van der Waals surface area contributed by atoms with Gasteiger partial charge < -0.3 is 19.3 Å². The highest BCUT2D eigenvalue weighted by atomic mass is 35.5. The molecular weight excluding hydrogens is 458 g/mol. The predicted octanol–water partition coefficient (Wildman–Crippen LogP) is 4.97. The van der Waals surface area contributed by atoms with Gasteiger partial charge in [0.15, 0.2) is 0 Å². The van der Waals surface area contributed by atoms with Crippen LogP contribution < -0.4 is 4.74 Å². The van der Waals surface area contributed by atoms with Gasteiger partial charge in [-0.2, -0.15) is 0 Å². The van der Waals surface area contributed by atoms with Gasteiger partial charge >= 0.3 is 5.97 Å². The summed E-state index contributed by atoms with van der Waals surface area (Å²) in [4.78, 5) is 14.4. The number of carbonyl (C=O) groups excluding carboxylic acids is 1. The van der Waals surface area contributed by atoms with Crippen LogP contribution in [0.25, 0.3) is 0 Å². The van der Waals surface area contributed by atoms with E-state index in [2.05, 4.69) is 4.90 Å². The van der Waals surface area contributed by atoms with Crippen LogP contribution in [0.3, 0.4) is 0 Å². The van der Waals surface area contributed by atoms with E-state index in [1.165, 1.54) is 6.42 Å². The van der Waals surface area contributed by atoms with E-state index in [1.807, 2.05) is 57.4 Å². The Morgan fingerprint density at radius 3 is 2.06 bits per heavy atom. The van der Waals surface area contributed by atoms with Crippen LogP contribution >= 0.6 is 12.4 Å². The van der Waals surface area contributed by atoms with Crippen LogP contribution in [0, 0.1) is 6.92 Å².